The standard InChI is InChI=1S/C27H22ClFN4O2S2/c28-17-4-10-20(11-5-17)37-24-13-12-22(35-24)26-25(21-3-1-2-15-30-21)32-27(36)33(26)16-14-23(34)31-19-8-6-18(29)7-9-19/h1-13,15,25-26H,14,16H2,(H,31,34)(H,32,36)/t25-,26-/m0/s1. The third-order valence-corrected chi connectivity index (χ3v) is 7.36. The van der Waals surface area contributed by atoms with Crippen molar-refractivity contribution in [1.82, 2.24) is 15.2 Å². The molecule has 10 heteroatoms. The van der Waals surface area contributed by atoms with Gasteiger partial charge in [0.2, 0.25) is 5.91 Å². The SMILES string of the molecule is O=C(CCN1C(=S)N[C@@H](c2ccccn2)[C@@H]1c1ccc(Sc2ccc(Cl)cc2)o1)Nc1ccc(F)cc1. The van der Waals surface area contributed by atoms with E-state index in [1.807, 2.05) is 59.5 Å². The maximum Gasteiger partial charge on any atom is 0.226 e. The summed E-state index contributed by atoms with van der Waals surface area (Å²) in [6.45, 7) is 0.354. The highest BCUT2D eigenvalue weighted by molar-refractivity contribution is 7.99. The zero-order valence-corrected chi connectivity index (χ0v) is 21.8. The van der Waals surface area contributed by atoms with Gasteiger partial charge in [0, 0.05) is 34.8 Å². The van der Waals surface area contributed by atoms with Crippen LogP contribution in [0.2, 0.25) is 5.02 Å². The van der Waals surface area contributed by atoms with Crippen LogP contribution in [0.3, 0.4) is 0 Å². The second-order valence-electron chi connectivity index (χ2n) is 8.34. The van der Waals surface area contributed by atoms with E-state index >= 15 is 0 Å². The van der Waals surface area contributed by atoms with Crippen LogP contribution in [0.5, 0.6) is 0 Å². The average Bonchev–Trinajstić information content (AvgIpc) is 3.49. The molecule has 1 amide bonds. The Morgan fingerprint density at radius 3 is 2.62 bits per heavy atom. The van der Waals surface area contributed by atoms with Crippen LogP contribution < -0.4 is 10.6 Å². The molecule has 3 heterocycles. The number of anilines is 1. The number of carbonyl (C=O) groups is 1. The molecule has 0 saturated carbocycles. The van der Waals surface area contributed by atoms with Crippen LogP contribution in [0, 0.1) is 5.82 Å². The first kappa shape index (κ1) is 25.3. The van der Waals surface area contributed by atoms with Crippen LogP contribution in [0.15, 0.2) is 99.5 Å². The highest BCUT2D eigenvalue weighted by atomic mass is 35.5. The molecule has 0 bridgehead atoms. The molecule has 2 aromatic carbocycles. The number of thiocarbonyl (C=S) groups is 1. The van der Waals surface area contributed by atoms with Crippen LogP contribution >= 0.6 is 35.6 Å². The summed E-state index contributed by atoms with van der Waals surface area (Å²) < 4.78 is 19.4. The molecule has 4 aromatic rings. The topological polar surface area (TPSA) is 70.4 Å². The lowest BCUT2D eigenvalue weighted by atomic mass is 10.0. The lowest BCUT2D eigenvalue weighted by molar-refractivity contribution is -0.116. The highest BCUT2D eigenvalue weighted by Crippen LogP contribution is 2.41. The molecule has 2 aromatic heterocycles. The molecule has 5 rings (SSSR count). The van der Waals surface area contributed by atoms with Gasteiger partial charge in [0.1, 0.15) is 17.6 Å². The van der Waals surface area contributed by atoms with Gasteiger partial charge in [-0.15, -0.1) is 0 Å². The quantitative estimate of drug-likeness (QED) is 0.238. The number of amides is 1. The number of carbonyl (C=O) groups excluding carboxylic acids is 1. The van der Waals surface area contributed by atoms with E-state index < -0.39 is 0 Å². The van der Waals surface area contributed by atoms with Gasteiger partial charge in [-0.25, -0.2) is 4.39 Å². The molecule has 0 spiro atoms. The minimum Gasteiger partial charge on any atom is -0.452 e. The van der Waals surface area contributed by atoms with Crippen molar-refractivity contribution in [2.75, 3.05) is 11.9 Å². The average molecular weight is 553 g/mol. The summed E-state index contributed by atoms with van der Waals surface area (Å²) in [4.78, 5) is 20.1. The molecule has 0 unspecified atom stereocenters. The van der Waals surface area contributed by atoms with Crippen molar-refractivity contribution in [2.45, 2.75) is 28.5 Å². The van der Waals surface area contributed by atoms with E-state index in [-0.39, 0.29) is 30.2 Å². The van der Waals surface area contributed by atoms with Gasteiger partial charge in [0.15, 0.2) is 10.2 Å². The number of nitrogens with one attached hydrogen (secondary N) is 2. The molecule has 2 N–H and O–H groups in total. The first-order chi connectivity index (χ1) is 18.0. The smallest absolute Gasteiger partial charge is 0.226 e. The number of hydrogen-bond donors (Lipinski definition) is 2. The Kier molecular flexibility index (Phi) is 7.73. The second kappa shape index (κ2) is 11.3. The summed E-state index contributed by atoms with van der Waals surface area (Å²) >= 11 is 13.2. The molecule has 37 heavy (non-hydrogen) atoms. The van der Waals surface area contributed by atoms with E-state index in [4.69, 9.17) is 28.2 Å². The Morgan fingerprint density at radius 2 is 1.89 bits per heavy atom. The maximum absolute atomic E-state index is 13.2. The predicted octanol–water partition coefficient (Wildman–Crippen LogP) is 6.62. The number of aromatic nitrogens is 1. The first-order valence-corrected chi connectivity index (χ1v) is 13.1. The minimum absolute atomic E-state index is 0.178. The molecule has 1 aliphatic heterocycles. The maximum atomic E-state index is 13.2. The van der Waals surface area contributed by atoms with Gasteiger partial charge in [-0.05, 0) is 85.0 Å². The first-order valence-electron chi connectivity index (χ1n) is 11.5. The molecular formula is C27H22ClFN4O2S2. The van der Waals surface area contributed by atoms with Crippen molar-refractivity contribution in [2.24, 2.45) is 0 Å². The predicted molar refractivity (Wildman–Crippen MR) is 146 cm³/mol. The lowest BCUT2D eigenvalue weighted by Gasteiger charge is -2.25. The van der Waals surface area contributed by atoms with Crippen LogP contribution in [-0.4, -0.2) is 27.4 Å². The summed E-state index contributed by atoms with van der Waals surface area (Å²) in [6.07, 6.45) is 1.91. The van der Waals surface area contributed by atoms with E-state index in [0.29, 0.717) is 28.1 Å². The number of pyridine rings is 1. The molecule has 1 fully saturated rings. The molecule has 2 atom stereocenters. The van der Waals surface area contributed by atoms with Crippen molar-refractivity contribution < 1.29 is 13.6 Å². The summed E-state index contributed by atoms with van der Waals surface area (Å²) in [7, 11) is 0. The van der Waals surface area contributed by atoms with Gasteiger partial charge in [-0.3, -0.25) is 9.78 Å². The Hall–Kier alpha value is -3.40. The lowest BCUT2D eigenvalue weighted by Crippen LogP contribution is -2.32. The third kappa shape index (κ3) is 6.12. The Bertz CT molecular complexity index is 1380. The van der Waals surface area contributed by atoms with E-state index in [9.17, 15) is 9.18 Å². The minimum atomic E-state index is -0.359. The van der Waals surface area contributed by atoms with E-state index in [2.05, 4.69) is 15.6 Å². The van der Waals surface area contributed by atoms with Gasteiger partial charge < -0.3 is 20.0 Å². The number of furan rings is 1. The summed E-state index contributed by atoms with van der Waals surface area (Å²) in [5.41, 5.74) is 1.35. The highest BCUT2D eigenvalue weighted by Gasteiger charge is 2.41. The van der Waals surface area contributed by atoms with E-state index in [0.717, 1.165) is 15.7 Å². The van der Waals surface area contributed by atoms with Gasteiger partial charge >= 0.3 is 0 Å². The zero-order valence-electron chi connectivity index (χ0n) is 19.4. The zero-order chi connectivity index (χ0) is 25.8. The van der Waals surface area contributed by atoms with Gasteiger partial charge in [0.25, 0.3) is 0 Å². The Labute approximate surface area is 228 Å². The van der Waals surface area contributed by atoms with Crippen LogP contribution in [0.25, 0.3) is 0 Å². The Morgan fingerprint density at radius 1 is 1.11 bits per heavy atom. The molecular weight excluding hydrogens is 531 g/mol. The van der Waals surface area contributed by atoms with Crippen molar-refractivity contribution in [3.8, 4) is 0 Å². The summed E-state index contributed by atoms with van der Waals surface area (Å²) in [6, 6.07) is 22.2. The van der Waals surface area contributed by atoms with E-state index in [1.165, 1.54) is 36.0 Å². The Balaban J connectivity index is 1.35. The van der Waals surface area contributed by atoms with Gasteiger partial charge in [-0.1, -0.05) is 29.4 Å². The number of rotatable bonds is 8. The van der Waals surface area contributed by atoms with Crippen LogP contribution in [0.1, 0.15) is 30.0 Å². The fourth-order valence-corrected chi connectivity index (χ4v) is 5.34. The normalized spacial score (nSPS) is 17.0. The molecule has 1 aliphatic rings. The third-order valence-electron chi connectivity index (χ3n) is 5.83. The summed E-state index contributed by atoms with van der Waals surface area (Å²) in [5, 5.41) is 8.06. The molecule has 1 saturated heterocycles. The number of nitrogens with zero attached hydrogens (tertiary/aromatic N) is 2. The fraction of sp³-hybridized carbons (Fsp3) is 0.148. The second-order valence-corrected chi connectivity index (χ2v) is 10.2. The van der Waals surface area contributed by atoms with Gasteiger partial charge in [-0.2, -0.15) is 0 Å². The largest absolute Gasteiger partial charge is 0.452 e. The summed E-state index contributed by atoms with van der Waals surface area (Å²) in [5.74, 6) is 0.146. The van der Waals surface area contributed by atoms with Crippen LogP contribution in [-0.2, 0) is 4.79 Å². The van der Waals surface area contributed by atoms with Crippen LogP contribution in [0.4, 0.5) is 10.1 Å². The van der Waals surface area contributed by atoms with E-state index in [1.54, 1.807) is 6.20 Å². The fourth-order valence-electron chi connectivity index (χ4n) is 4.10. The van der Waals surface area contributed by atoms with Crippen molar-refractivity contribution in [3.05, 3.63) is 107 Å². The molecule has 0 radical (unpaired) electrons. The molecule has 188 valence electrons. The number of benzene rings is 2. The number of halogens is 2. The number of hydrogen-bond acceptors (Lipinski definition) is 5. The monoisotopic (exact) mass is 552 g/mol. The van der Waals surface area contributed by atoms with Crippen molar-refractivity contribution in [1.29, 1.82) is 0 Å². The molecule has 6 nitrogen and oxygen atoms in total. The van der Waals surface area contributed by atoms with Gasteiger partial charge in [0.05, 0.1) is 11.7 Å². The van der Waals surface area contributed by atoms with Crippen molar-refractivity contribution >= 4 is 52.3 Å². The van der Waals surface area contributed by atoms with Crippen molar-refractivity contribution in [3.63, 3.8) is 0 Å². The molecule has 0 aliphatic carbocycles.